The quantitative estimate of drug-likeness (QED) is 0.662. The second-order valence-corrected chi connectivity index (χ2v) is 5.25. The van der Waals surface area contributed by atoms with Crippen molar-refractivity contribution in [2.75, 3.05) is 32.8 Å². The van der Waals surface area contributed by atoms with Crippen LogP contribution < -0.4 is 0 Å². The number of amides is 2. The van der Waals surface area contributed by atoms with Crippen molar-refractivity contribution in [1.82, 2.24) is 9.80 Å². The van der Waals surface area contributed by atoms with Crippen molar-refractivity contribution < 1.29 is 19.1 Å². The monoisotopic (exact) mass is 298 g/mol. The number of ether oxygens (including phenoxy) is 1. The molecule has 0 radical (unpaired) electrons. The van der Waals surface area contributed by atoms with Gasteiger partial charge in [0.1, 0.15) is 6.54 Å². The fraction of sp³-hybridized carbons (Fsp3) is 0.800. The summed E-state index contributed by atoms with van der Waals surface area (Å²) in [6, 6.07) is 0. The Morgan fingerprint density at radius 1 is 1.24 bits per heavy atom. The van der Waals surface area contributed by atoms with Gasteiger partial charge in [0.05, 0.1) is 13.2 Å². The highest BCUT2D eigenvalue weighted by Gasteiger charge is 2.23. The number of hydrogen-bond donors (Lipinski definition) is 0. The number of carbonyl (C=O) groups excluding carboxylic acids is 3. The maximum Gasteiger partial charge on any atom is 0.325 e. The number of rotatable bonds is 7. The topological polar surface area (TPSA) is 66.9 Å². The summed E-state index contributed by atoms with van der Waals surface area (Å²) in [5.41, 5.74) is 0. The van der Waals surface area contributed by atoms with Crippen LogP contribution in [0.5, 0.6) is 0 Å². The minimum absolute atomic E-state index is 0.0356. The van der Waals surface area contributed by atoms with E-state index in [1.165, 1.54) is 4.90 Å². The van der Waals surface area contributed by atoms with Crippen molar-refractivity contribution in [3.8, 4) is 0 Å². The maximum atomic E-state index is 12.3. The van der Waals surface area contributed by atoms with E-state index in [9.17, 15) is 14.4 Å². The van der Waals surface area contributed by atoms with Crippen LogP contribution in [0.15, 0.2) is 0 Å². The Balaban J connectivity index is 2.58. The molecule has 6 nitrogen and oxygen atoms in total. The summed E-state index contributed by atoms with van der Waals surface area (Å²) in [4.78, 5) is 38.9. The molecule has 6 heteroatoms. The van der Waals surface area contributed by atoms with Gasteiger partial charge < -0.3 is 14.5 Å². The SMILES string of the molecule is CCCN(CC(=O)OCC)C(=O)CN1CCCCCC1=O. The molecule has 0 aliphatic carbocycles. The summed E-state index contributed by atoms with van der Waals surface area (Å²) in [6.45, 7) is 5.14. The molecule has 1 saturated heterocycles. The average Bonchev–Trinajstić information content (AvgIpc) is 2.64. The van der Waals surface area contributed by atoms with Crippen LogP contribution in [0.2, 0.25) is 0 Å². The van der Waals surface area contributed by atoms with E-state index in [1.807, 2.05) is 6.92 Å². The Morgan fingerprint density at radius 2 is 2.00 bits per heavy atom. The summed E-state index contributed by atoms with van der Waals surface area (Å²) in [6.07, 6.45) is 4.13. The summed E-state index contributed by atoms with van der Waals surface area (Å²) < 4.78 is 4.89. The lowest BCUT2D eigenvalue weighted by molar-refractivity contribution is -0.150. The molecular formula is C15H26N2O4. The van der Waals surface area contributed by atoms with Crippen LogP contribution in [-0.4, -0.2) is 60.4 Å². The summed E-state index contributed by atoms with van der Waals surface area (Å²) in [7, 11) is 0. The van der Waals surface area contributed by atoms with E-state index < -0.39 is 5.97 Å². The van der Waals surface area contributed by atoms with Gasteiger partial charge >= 0.3 is 5.97 Å². The summed E-state index contributed by atoms with van der Waals surface area (Å²) in [5, 5.41) is 0. The molecule has 0 saturated carbocycles. The van der Waals surface area contributed by atoms with Gasteiger partial charge in [-0.15, -0.1) is 0 Å². The molecule has 0 N–H and O–H groups in total. The number of carbonyl (C=O) groups is 3. The van der Waals surface area contributed by atoms with Crippen molar-refractivity contribution in [2.24, 2.45) is 0 Å². The lowest BCUT2D eigenvalue weighted by atomic mass is 10.2. The van der Waals surface area contributed by atoms with Crippen LogP contribution in [0.1, 0.15) is 46.0 Å². The molecule has 1 rings (SSSR count). The first-order valence-electron chi connectivity index (χ1n) is 7.79. The Labute approximate surface area is 126 Å². The highest BCUT2D eigenvalue weighted by atomic mass is 16.5. The minimum Gasteiger partial charge on any atom is -0.465 e. The van der Waals surface area contributed by atoms with E-state index in [2.05, 4.69) is 0 Å². The number of esters is 1. The fourth-order valence-corrected chi connectivity index (χ4v) is 2.39. The summed E-state index contributed by atoms with van der Waals surface area (Å²) in [5.74, 6) is -0.546. The van der Waals surface area contributed by atoms with E-state index in [1.54, 1.807) is 11.8 Å². The van der Waals surface area contributed by atoms with Crippen molar-refractivity contribution in [1.29, 1.82) is 0 Å². The molecule has 0 bridgehead atoms. The second-order valence-electron chi connectivity index (χ2n) is 5.25. The van der Waals surface area contributed by atoms with E-state index in [0.717, 1.165) is 25.7 Å². The van der Waals surface area contributed by atoms with Crippen LogP contribution in [0, 0.1) is 0 Å². The zero-order valence-electron chi connectivity index (χ0n) is 13.1. The lowest BCUT2D eigenvalue weighted by Gasteiger charge is -2.26. The zero-order valence-corrected chi connectivity index (χ0v) is 13.1. The molecule has 2 amide bonds. The van der Waals surface area contributed by atoms with Gasteiger partial charge in [0.15, 0.2) is 0 Å². The summed E-state index contributed by atoms with van der Waals surface area (Å²) >= 11 is 0. The molecule has 1 heterocycles. The van der Waals surface area contributed by atoms with E-state index in [4.69, 9.17) is 4.74 Å². The van der Waals surface area contributed by atoms with Crippen molar-refractivity contribution >= 4 is 17.8 Å². The van der Waals surface area contributed by atoms with Crippen LogP contribution in [-0.2, 0) is 19.1 Å². The fourth-order valence-electron chi connectivity index (χ4n) is 2.39. The third-order valence-corrected chi connectivity index (χ3v) is 3.47. The van der Waals surface area contributed by atoms with Crippen LogP contribution in [0.3, 0.4) is 0 Å². The number of hydrogen-bond acceptors (Lipinski definition) is 4. The average molecular weight is 298 g/mol. The molecule has 21 heavy (non-hydrogen) atoms. The first kappa shape index (κ1) is 17.5. The molecular weight excluding hydrogens is 272 g/mol. The zero-order chi connectivity index (χ0) is 15.7. The first-order chi connectivity index (χ1) is 10.1. The van der Waals surface area contributed by atoms with Gasteiger partial charge in [0.25, 0.3) is 0 Å². The number of nitrogens with zero attached hydrogens (tertiary/aromatic N) is 2. The van der Waals surface area contributed by atoms with Gasteiger partial charge in [-0.3, -0.25) is 14.4 Å². The predicted molar refractivity (Wildman–Crippen MR) is 78.6 cm³/mol. The standard InChI is InChI=1S/C15H26N2O4/c1-3-9-16(12-15(20)21-4-2)14(19)11-17-10-7-5-6-8-13(17)18/h3-12H2,1-2H3. The molecule has 0 unspecified atom stereocenters. The molecule has 0 aromatic rings. The van der Waals surface area contributed by atoms with E-state index in [-0.39, 0.29) is 24.9 Å². The molecule has 0 spiro atoms. The van der Waals surface area contributed by atoms with Crippen molar-refractivity contribution in [2.45, 2.75) is 46.0 Å². The highest BCUT2D eigenvalue weighted by molar-refractivity contribution is 5.87. The highest BCUT2D eigenvalue weighted by Crippen LogP contribution is 2.11. The third kappa shape index (κ3) is 6.14. The molecule has 0 aromatic heterocycles. The Bertz CT molecular complexity index is 371. The largest absolute Gasteiger partial charge is 0.465 e. The number of likely N-dealkylation sites (tertiary alicyclic amines) is 1. The second kappa shape index (κ2) is 9.37. The molecule has 1 aliphatic rings. The molecule has 0 atom stereocenters. The molecule has 120 valence electrons. The molecule has 1 fully saturated rings. The van der Waals surface area contributed by atoms with Crippen LogP contribution in [0.4, 0.5) is 0 Å². The van der Waals surface area contributed by atoms with Crippen LogP contribution in [0.25, 0.3) is 0 Å². The minimum atomic E-state index is -0.401. The van der Waals surface area contributed by atoms with Gasteiger partial charge in [0, 0.05) is 19.5 Å². The first-order valence-corrected chi connectivity index (χ1v) is 7.79. The van der Waals surface area contributed by atoms with Crippen molar-refractivity contribution in [3.05, 3.63) is 0 Å². The Hall–Kier alpha value is -1.59. The third-order valence-electron chi connectivity index (χ3n) is 3.47. The van der Waals surface area contributed by atoms with Gasteiger partial charge in [-0.25, -0.2) is 0 Å². The Morgan fingerprint density at radius 3 is 2.67 bits per heavy atom. The molecule has 1 aliphatic heterocycles. The van der Waals surface area contributed by atoms with Gasteiger partial charge in [-0.05, 0) is 26.2 Å². The van der Waals surface area contributed by atoms with Gasteiger partial charge in [0.2, 0.25) is 11.8 Å². The van der Waals surface area contributed by atoms with E-state index >= 15 is 0 Å². The van der Waals surface area contributed by atoms with Crippen LogP contribution >= 0.6 is 0 Å². The normalized spacial score (nSPS) is 15.5. The lowest BCUT2D eigenvalue weighted by Crippen LogP contribution is -2.45. The predicted octanol–water partition coefficient (Wildman–Crippen LogP) is 1.19. The smallest absolute Gasteiger partial charge is 0.325 e. The van der Waals surface area contributed by atoms with Gasteiger partial charge in [-0.2, -0.15) is 0 Å². The van der Waals surface area contributed by atoms with Gasteiger partial charge in [-0.1, -0.05) is 13.3 Å². The maximum absolute atomic E-state index is 12.3. The Kier molecular flexibility index (Phi) is 7.79. The van der Waals surface area contributed by atoms with E-state index in [0.29, 0.717) is 26.1 Å². The van der Waals surface area contributed by atoms with Crippen molar-refractivity contribution in [3.63, 3.8) is 0 Å². The molecule has 0 aromatic carbocycles.